The second kappa shape index (κ2) is 8.35. The molecule has 0 bridgehead atoms. The number of methoxy groups -OCH3 is 1. The Balaban J connectivity index is 1.91. The van der Waals surface area contributed by atoms with Crippen LogP contribution >= 0.6 is 0 Å². The second-order valence-corrected chi connectivity index (χ2v) is 8.13. The number of para-hydroxylation sites is 1. The fraction of sp³-hybridized carbons (Fsp3) is 0.185. The standard InChI is InChI=1S/C27H26N2O3/c1-16-11-13-22(19(4)14-16)29-26(30)24(20-8-6-7-9-23(20)32-5)25(27(29)31)28-21-15-17(2)10-12-18(21)3/h6-15,28H,1-5H3. The number of rotatable bonds is 5. The molecule has 0 spiro atoms. The monoisotopic (exact) mass is 426 g/mol. The van der Waals surface area contributed by atoms with Crippen LogP contribution in [0.1, 0.15) is 27.8 Å². The maximum absolute atomic E-state index is 13.7. The Labute approximate surface area is 188 Å². The van der Waals surface area contributed by atoms with Gasteiger partial charge in [0.05, 0.1) is 18.4 Å². The number of ether oxygens (including phenoxy) is 1. The van der Waals surface area contributed by atoms with Crippen LogP contribution in [0, 0.1) is 27.7 Å². The Kier molecular flexibility index (Phi) is 5.57. The van der Waals surface area contributed by atoms with Crippen LogP contribution in [-0.4, -0.2) is 18.9 Å². The molecule has 0 saturated carbocycles. The van der Waals surface area contributed by atoms with E-state index in [0.29, 0.717) is 22.6 Å². The third kappa shape index (κ3) is 3.66. The van der Waals surface area contributed by atoms with Gasteiger partial charge in [0.25, 0.3) is 11.8 Å². The van der Waals surface area contributed by atoms with Crippen molar-refractivity contribution in [3.8, 4) is 5.75 Å². The van der Waals surface area contributed by atoms with Gasteiger partial charge >= 0.3 is 0 Å². The Bertz CT molecular complexity index is 1270. The Morgan fingerprint density at radius 2 is 1.47 bits per heavy atom. The normalized spacial score (nSPS) is 13.7. The lowest BCUT2D eigenvalue weighted by atomic mass is 10.0. The molecule has 1 aliphatic heterocycles. The highest BCUT2D eigenvalue weighted by Crippen LogP contribution is 2.38. The van der Waals surface area contributed by atoms with Crippen LogP contribution in [0.5, 0.6) is 5.75 Å². The number of nitrogens with one attached hydrogen (secondary N) is 1. The molecule has 3 aromatic rings. The van der Waals surface area contributed by atoms with Gasteiger partial charge in [0.1, 0.15) is 11.4 Å². The minimum atomic E-state index is -0.385. The minimum Gasteiger partial charge on any atom is -0.496 e. The minimum absolute atomic E-state index is 0.244. The average Bonchev–Trinajstić information content (AvgIpc) is 3.00. The van der Waals surface area contributed by atoms with Crippen molar-refractivity contribution in [2.45, 2.75) is 27.7 Å². The van der Waals surface area contributed by atoms with Crippen molar-refractivity contribution >= 4 is 28.8 Å². The third-order valence-electron chi connectivity index (χ3n) is 5.71. The molecule has 4 rings (SSSR count). The highest BCUT2D eigenvalue weighted by molar-refractivity contribution is 6.46. The lowest BCUT2D eigenvalue weighted by Crippen LogP contribution is -2.33. The van der Waals surface area contributed by atoms with Crippen LogP contribution in [0.2, 0.25) is 0 Å². The second-order valence-electron chi connectivity index (χ2n) is 8.13. The maximum atomic E-state index is 13.7. The zero-order chi connectivity index (χ0) is 23.0. The molecule has 1 heterocycles. The first kappa shape index (κ1) is 21.4. The fourth-order valence-corrected chi connectivity index (χ4v) is 4.03. The largest absolute Gasteiger partial charge is 0.496 e. The van der Waals surface area contributed by atoms with Crippen molar-refractivity contribution in [1.82, 2.24) is 0 Å². The highest BCUT2D eigenvalue weighted by atomic mass is 16.5. The summed E-state index contributed by atoms with van der Waals surface area (Å²) in [6.07, 6.45) is 0. The van der Waals surface area contributed by atoms with E-state index in [1.165, 1.54) is 4.90 Å². The summed E-state index contributed by atoms with van der Waals surface area (Å²) in [6.45, 7) is 7.84. The molecule has 1 aliphatic rings. The van der Waals surface area contributed by atoms with Crippen molar-refractivity contribution in [3.63, 3.8) is 0 Å². The van der Waals surface area contributed by atoms with E-state index in [4.69, 9.17) is 4.74 Å². The molecule has 0 aromatic heterocycles. The van der Waals surface area contributed by atoms with Crippen LogP contribution in [0.25, 0.3) is 5.57 Å². The first-order valence-corrected chi connectivity index (χ1v) is 10.5. The third-order valence-corrected chi connectivity index (χ3v) is 5.71. The van der Waals surface area contributed by atoms with Gasteiger partial charge in [0, 0.05) is 11.3 Å². The lowest BCUT2D eigenvalue weighted by Gasteiger charge is -2.18. The van der Waals surface area contributed by atoms with Gasteiger partial charge in [-0.05, 0) is 62.6 Å². The Morgan fingerprint density at radius 3 is 2.19 bits per heavy atom. The van der Waals surface area contributed by atoms with E-state index in [2.05, 4.69) is 5.32 Å². The van der Waals surface area contributed by atoms with Gasteiger partial charge in [-0.3, -0.25) is 9.59 Å². The van der Waals surface area contributed by atoms with Crippen LogP contribution in [-0.2, 0) is 9.59 Å². The van der Waals surface area contributed by atoms with Crippen LogP contribution < -0.4 is 15.0 Å². The van der Waals surface area contributed by atoms with Crippen molar-refractivity contribution < 1.29 is 14.3 Å². The van der Waals surface area contributed by atoms with E-state index in [9.17, 15) is 9.59 Å². The Hall–Kier alpha value is -3.86. The summed E-state index contributed by atoms with van der Waals surface area (Å²) in [6, 6.07) is 18.9. The predicted octanol–water partition coefficient (Wildman–Crippen LogP) is 5.33. The van der Waals surface area contributed by atoms with E-state index in [1.807, 2.05) is 76.2 Å². The van der Waals surface area contributed by atoms with Gasteiger partial charge in [-0.25, -0.2) is 4.90 Å². The molecule has 0 radical (unpaired) electrons. The molecular weight excluding hydrogens is 400 g/mol. The molecule has 0 saturated heterocycles. The molecule has 0 fully saturated rings. The van der Waals surface area contributed by atoms with E-state index in [-0.39, 0.29) is 17.5 Å². The molecule has 1 N–H and O–H groups in total. The molecule has 5 heteroatoms. The van der Waals surface area contributed by atoms with E-state index < -0.39 is 0 Å². The molecule has 32 heavy (non-hydrogen) atoms. The number of imide groups is 1. The van der Waals surface area contributed by atoms with Gasteiger partial charge in [0.15, 0.2) is 0 Å². The number of hydrogen-bond acceptors (Lipinski definition) is 4. The summed E-state index contributed by atoms with van der Waals surface area (Å²) in [5, 5.41) is 3.27. The van der Waals surface area contributed by atoms with Crippen molar-refractivity contribution in [3.05, 3.63) is 94.2 Å². The molecule has 0 unspecified atom stereocenters. The van der Waals surface area contributed by atoms with Crippen molar-refractivity contribution in [2.75, 3.05) is 17.3 Å². The van der Waals surface area contributed by atoms with E-state index in [0.717, 1.165) is 27.9 Å². The van der Waals surface area contributed by atoms with Crippen LogP contribution in [0.4, 0.5) is 11.4 Å². The molecule has 162 valence electrons. The van der Waals surface area contributed by atoms with E-state index in [1.54, 1.807) is 19.2 Å². The zero-order valence-electron chi connectivity index (χ0n) is 18.9. The topological polar surface area (TPSA) is 58.6 Å². The molecule has 0 atom stereocenters. The highest BCUT2D eigenvalue weighted by Gasteiger charge is 2.41. The average molecular weight is 427 g/mol. The van der Waals surface area contributed by atoms with Gasteiger partial charge in [0.2, 0.25) is 0 Å². The number of carbonyl (C=O) groups excluding carboxylic acids is 2. The van der Waals surface area contributed by atoms with Crippen molar-refractivity contribution in [1.29, 1.82) is 0 Å². The summed E-state index contributed by atoms with van der Waals surface area (Å²) in [5.41, 5.74) is 6.45. The Morgan fingerprint density at radius 1 is 0.781 bits per heavy atom. The molecule has 0 aliphatic carbocycles. The summed E-state index contributed by atoms with van der Waals surface area (Å²) in [4.78, 5) is 28.7. The number of aryl methyl sites for hydroxylation is 4. The summed E-state index contributed by atoms with van der Waals surface area (Å²) >= 11 is 0. The maximum Gasteiger partial charge on any atom is 0.282 e. The molecule has 3 aromatic carbocycles. The number of amides is 2. The van der Waals surface area contributed by atoms with Crippen LogP contribution in [0.15, 0.2) is 66.4 Å². The summed E-state index contributed by atoms with van der Waals surface area (Å²) in [5.74, 6) is -0.227. The SMILES string of the molecule is COc1ccccc1C1=C(Nc2cc(C)ccc2C)C(=O)N(c2ccc(C)cc2C)C1=O. The smallest absolute Gasteiger partial charge is 0.282 e. The number of nitrogens with zero attached hydrogens (tertiary/aromatic N) is 1. The zero-order valence-corrected chi connectivity index (χ0v) is 18.9. The number of anilines is 2. The first-order valence-electron chi connectivity index (χ1n) is 10.5. The number of hydrogen-bond donors (Lipinski definition) is 1. The van der Waals surface area contributed by atoms with Gasteiger partial charge in [-0.15, -0.1) is 0 Å². The van der Waals surface area contributed by atoms with Gasteiger partial charge in [-0.1, -0.05) is 48.0 Å². The predicted molar refractivity (Wildman–Crippen MR) is 128 cm³/mol. The first-order chi connectivity index (χ1) is 15.3. The quantitative estimate of drug-likeness (QED) is 0.561. The van der Waals surface area contributed by atoms with Crippen molar-refractivity contribution in [2.24, 2.45) is 0 Å². The molecular formula is C27H26N2O3. The lowest BCUT2D eigenvalue weighted by molar-refractivity contribution is -0.120. The fourth-order valence-electron chi connectivity index (χ4n) is 4.03. The van der Waals surface area contributed by atoms with E-state index >= 15 is 0 Å². The van der Waals surface area contributed by atoms with Gasteiger partial charge < -0.3 is 10.1 Å². The summed E-state index contributed by atoms with van der Waals surface area (Å²) in [7, 11) is 1.56. The summed E-state index contributed by atoms with van der Waals surface area (Å²) < 4.78 is 5.52. The molecule has 2 amide bonds. The number of benzene rings is 3. The number of carbonyl (C=O) groups is 2. The van der Waals surface area contributed by atoms with Crippen LogP contribution in [0.3, 0.4) is 0 Å². The molecule has 5 nitrogen and oxygen atoms in total. The van der Waals surface area contributed by atoms with Gasteiger partial charge in [-0.2, -0.15) is 0 Å².